The normalized spacial score (nSPS) is 12.7. The number of hydrogen-bond acceptors (Lipinski definition) is 4. The van der Waals surface area contributed by atoms with Gasteiger partial charge in [0, 0.05) is 18.5 Å². The molecule has 0 spiro atoms. The molecule has 2 aromatic carbocycles. The molecule has 3 rings (SSSR count). The van der Waals surface area contributed by atoms with Crippen LogP contribution in [0.5, 0.6) is 11.5 Å². The van der Waals surface area contributed by atoms with Gasteiger partial charge in [-0.05, 0) is 70.2 Å². The molecule has 2 N–H and O–H groups in total. The molecular formula is C21H23BrN2O4. The first-order valence-electron chi connectivity index (χ1n) is 9.20. The van der Waals surface area contributed by atoms with Crippen molar-refractivity contribution in [1.82, 2.24) is 5.32 Å². The number of fused-ring (bicyclic) bond motifs is 1. The number of aryl methyl sites for hydroxylation is 2. The zero-order valence-corrected chi connectivity index (χ0v) is 17.3. The third-order valence-electron chi connectivity index (χ3n) is 4.52. The fourth-order valence-corrected chi connectivity index (χ4v) is 3.61. The summed E-state index contributed by atoms with van der Waals surface area (Å²) in [5.41, 5.74) is 2.99. The lowest BCUT2D eigenvalue weighted by Gasteiger charge is -2.17. The highest BCUT2D eigenvalue weighted by Crippen LogP contribution is 2.27. The first-order valence-corrected chi connectivity index (χ1v) is 9.99. The van der Waals surface area contributed by atoms with Gasteiger partial charge in [-0.1, -0.05) is 6.07 Å². The van der Waals surface area contributed by atoms with Crippen LogP contribution in [0.1, 0.15) is 24.0 Å². The Morgan fingerprint density at radius 1 is 1.21 bits per heavy atom. The molecule has 0 bridgehead atoms. The van der Waals surface area contributed by atoms with Gasteiger partial charge in [0.1, 0.15) is 18.1 Å². The van der Waals surface area contributed by atoms with Crippen molar-refractivity contribution in [1.29, 1.82) is 0 Å². The van der Waals surface area contributed by atoms with Crippen molar-refractivity contribution in [3.8, 4) is 11.5 Å². The van der Waals surface area contributed by atoms with Crippen LogP contribution in [0.3, 0.4) is 0 Å². The topological polar surface area (TPSA) is 76.7 Å². The summed E-state index contributed by atoms with van der Waals surface area (Å²) in [4.78, 5) is 23.4. The Labute approximate surface area is 172 Å². The maximum atomic E-state index is 12.0. The van der Waals surface area contributed by atoms with E-state index in [2.05, 4.69) is 26.6 Å². The second-order valence-electron chi connectivity index (χ2n) is 6.53. The van der Waals surface area contributed by atoms with Crippen molar-refractivity contribution in [3.63, 3.8) is 0 Å². The summed E-state index contributed by atoms with van der Waals surface area (Å²) in [6.45, 7) is 0.837. The third kappa shape index (κ3) is 5.48. The smallest absolute Gasteiger partial charge is 0.224 e. The minimum atomic E-state index is -0.0105. The Morgan fingerprint density at radius 2 is 2.07 bits per heavy atom. The summed E-state index contributed by atoms with van der Waals surface area (Å²) >= 11 is 3.45. The molecule has 0 aromatic heterocycles. The molecule has 1 aliphatic rings. The number of carbonyl (C=O) groups excluding carboxylic acids is 2. The molecule has 6 nitrogen and oxygen atoms in total. The minimum absolute atomic E-state index is 0.0105. The SMILES string of the molecule is COc1ccc(CCC(=O)NCCOc2ccc3c(c2)CCC(=O)N3)cc1Br. The molecule has 1 heterocycles. The Balaban J connectivity index is 1.37. The van der Waals surface area contributed by atoms with E-state index in [4.69, 9.17) is 9.47 Å². The lowest BCUT2D eigenvalue weighted by atomic mass is 10.0. The van der Waals surface area contributed by atoms with Gasteiger partial charge in [-0.15, -0.1) is 0 Å². The Hall–Kier alpha value is -2.54. The van der Waals surface area contributed by atoms with Crippen LogP contribution < -0.4 is 20.1 Å². The maximum absolute atomic E-state index is 12.0. The van der Waals surface area contributed by atoms with Crippen LogP contribution in [0.25, 0.3) is 0 Å². The molecule has 0 saturated carbocycles. The molecule has 0 aliphatic carbocycles. The van der Waals surface area contributed by atoms with Crippen molar-refractivity contribution in [3.05, 3.63) is 52.0 Å². The summed E-state index contributed by atoms with van der Waals surface area (Å²) < 4.78 is 11.8. The fraction of sp³-hybridized carbons (Fsp3) is 0.333. The van der Waals surface area contributed by atoms with E-state index in [0.717, 1.165) is 39.2 Å². The van der Waals surface area contributed by atoms with Gasteiger partial charge in [0.25, 0.3) is 0 Å². The maximum Gasteiger partial charge on any atom is 0.224 e. The van der Waals surface area contributed by atoms with E-state index >= 15 is 0 Å². The van der Waals surface area contributed by atoms with Crippen LogP contribution in [0.4, 0.5) is 5.69 Å². The van der Waals surface area contributed by atoms with Gasteiger partial charge in [0.05, 0.1) is 18.1 Å². The summed E-state index contributed by atoms with van der Waals surface area (Å²) in [6.07, 6.45) is 2.29. The lowest BCUT2D eigenvalue weighted by Crippen LogP contribution is -2.28. The van der Waals surface area contributed by atoms with Crippen LogP contribution in [-0.2, 0) is 22.4 Å². The van der Waals surface area contributed by atoms with Crippen LogP contribution in [0, 0.1) is 0 Å². The highest BCUT2D eigenvalue weighted by atomic mass is 79.9. The highest BCUT2D eigenvalue weighted by molar-refractivity contribution is 9.10. The predicted molar refractivity (Wildman–Crippen MR) is 111 cm³/mol. The molecule has 0 atom stereocenters. The number of ether oxygens (including phenoxy) is 2. The summed E-state index contributed by atoms with van der Waals surface area (Å²) in [5.74, 6) is 1.55. The second-order valence-corrected chi connectivity index (χ2v) is 7.39. The average molecular weight is 447 g/mol. The highest BCUT2D eigenvalue weighted by Gasteiger charge is 2.15. The number of anilines is 1. The van der Waals surface area contributed by atoms with Gasteiger partial charge < -0.3 is 20.1 Å². The predicted octanol–water partition coefficient (Wildman–Crippen LogP) is 3.47. The molecule has 2 amide bonds. The van der Waals surface area contributed by atoms with E-state index in [9.17, 15) is 9.59 Å². The summed E-state index contributed by atoms with van der Waals surface area (Å²) in [7, 11) is 1.62. The van der Waals surface area contributed by atoms with Gasteiger partial charge in [0.2, 0.25) is 11.8 Å². The third-order valence-corrected chi connectivity index (χ3v) is 5.14. The Morgan fingerprint density at radius 3 is 2.86 bits per heavy atom. The molecule has 0 saturated heterocycles. The molecule has 0 fully saturated rings. The van der Waals surface area contributed by atoms with Crippen LogP contribution in [0.2, 0.25) is 0 Å². The van der Waals surface area contributed by atoms with Crippen molar-refractivity contribution in [2.75, 3.05) is 25.6 Å². The number of methoxy groups -OCH3 is 1. The molecule has 148 valence electrons. The molecular weight excluding hydrogens is 424 g/mol. The summed E-state index contributed by atoms with van der Waals surface area (Å²) in [5, 5.41) is 5.72. The van der Waals surface area contributed by atoms with Gasteiger partial charge >= 0.3 is 0 Å². The number of halogens is 1. The van der Waals surface area contributed by atoms with Crippen LogP contribution in [-0.4, -0.2) is 32.1 Å². The van der Waals surface area contributed by atoms with E-state index in [0.29, 0.717) is 32.4 Å². The number of carbonyl (C=O) groups is 2. The molecule has 7 heteroatoms. The van der Waals surface area contributed by atoms with Crippen molar-refractivity contribution in [2.24, 2.45) is 0 Å². The monoisotopic (exact) mass is 446 g/mol. The van der Waals surface area contributed by atoms with Gasteiger partial charge in [0.15, 0.2) is 0 Å². The zero-order chi connectivity index (χ0) is 19.9. The first-order chi connectivity index (χ1) is 13.5. The van der Waals surface area contributed by atoms with E-state index in [1.54, 1.807) is 7.11 Å². The molecule has 2 aromatic rings. The number of benzene rings is 2. The molecule has 1 aliphatic heterocycles. The Bertz CT molecular complexity index is 869. The largest absolute Gasteiger partial charge is 0.496 e. The van der Waals surface area contributed by atoms with E-state index in [1.807, 2.05) is 36.4 Å². The van der Waals surface area contributed by atoms with E-state index in [-0.39, 0.29) is 11.8 Å². The number of amides is 2. The number of hydrogen-bond donors (Lipinski definition) is 2. The molecule has 28 heavy (non-hydrogen) atoms. The lowest BCUT2D eigenvalue weighted by molar-refractivity contribution is -0.121. The van der Waals surface area contributed by atoms with Crippen molar-refractivity contribution < 1.29 is 19.1 Å². The molecule has 0 unspecified atom stereocenters. The first kappa shape index (κ1) is 20.2. The average Bonchev–Trinajstić information content (AvgIpc) is 2.69. The van der Waals surface area contributed by atoms with E-state index < -0.39 is 0 Å². The zero-order valence-electron chi connectivity index (χ0n) is 15.7. The minimum Gasteiger partial charge on any atom is -0.496 e. The fourth-order valence-electron chi connectivity index (χ4n) is 3.02. The number of rotatable bonds is 8. The van der Waals surface area contributed by atoms with Crippen molar-refractivity contribution >= 4 is 33.4 Å². The summed E-state index contributed by atoms with van der Waals surface area (Å²) in [6, 6.07) is 11.4. The van der Waals surface area contributed by atoms with E-state index in [1.165, 1.54) is 0 Å². The van der Waals surface area contributed by atoms with Crippen LogP contribution >= 0.6 is 15.9 Å². The van der Waals surface area contributed by atoms with Crippen molar-refractivity contribution in [2.45, 2.75) is 25.7 Å². The Kier molecular flexibility index (Phi) is 6.92. The standard InChI is InChI=1S/C21H23BrN2O4/c1-27-19-7-2-14(12-17(19)22)3-8-20(25)23-10-11-28-16-5-6-18-15(13-16)4-9-21(26)24-18/h2,5-7,12-13H,3-4,8-11H2,1H3,(H,23,25)(H,24,26). The van der Waals surface area contributed by atoms with Crippen LogP contribution in [0.15, 0.2) is 40.9 Å². The second kappa shape index (κ2) is 9.59. The number of nitrogens with one attached hydrogen (secondary N) is 2. The van der Waals surface area contributed by atoms with Gasteiger partial charge in [-0.25, -0.2) is 0 Å². The van der Waals surface area contributed by atoms with Gasteiger partial charge in [-0.2, -0.15) is 0 Å². The quantitative estimate of drug-likeness (QED) is 0.608. The van der Waals surface area contributed by atoms with Gasteiger partial charge in [-0.3, -0.25) is 9.59 Å². The molecule has 0 radical (unpaired) electrons.